The Morgan fingerprint density at radius 3 is 1.33 bits per heavy atom. The standard InChI is InChI=1S/C17H21F11O3.C9H9F7O2/c1-9(2)12(29)30-6-11(31-10(3)4)5-13(18,19)7-14(20,21)8-15(22,16(23,24)25)17(26,27)28;1-5(2)6(17)18-4-7(10,11)3-8(12,13)9(14,15)16/h10-11H,1,5-8H2,2-4H3;1,3-4H2,2H3. The second-order valence-corrected chi connectivity index (χ2v) is 10.8. The van der Waals surface area contributed by atoms with Crippen molar-refractivity contribution in [3.05, 3.63) is 24.3 Å². The lowest BCUT2D eigenvalue weighted by Gasteiger charge is -2.34. The second kappa shape index (κ2) is 16.9. The van der Waals surface area contributed by atoms with Crippen LogP contribution in [0.25, 0.3) is 0 Å². The van der Waals surface area contributed by atoms with E-state index in [0.29, 0.717) is 0 Å². The van der Waals surface area contributed by atoms with Crippen LogP contribution in [0.4, 0.5) is 79.0 Å². The van der Waals surface area contributed by atoms with E-state index < -0.39 is 111 Å². The SMILES string of the molecule is C=C(C)C(=O)OCC(CC(F)(F)CC(F)(F)CC(F)(C(F)(F)F)C(F)(F)F)OC(C)C.C=C(C)C(=O)OCC(F)(F)CC(F)(F)C(F)(F)F. The lowest BCUT2D eigenvalue weighted by Crippen LogP contribution is -2.56. The third-order valence-electron chi connectivity index (χ3n) is 5.32. The first-order chi connectivity index (χ1) is 21.3. The molecule has 0 N–H and O–H groups in total. The van der Waals surface area contributed by atoms with Gasteiger partial charge in [0, 0.05) is 17.6 Å². The van der Waals surface area contributed by atoms with Crippen LogP contribution >= 0.6 is 0 Å². The first-order valence-corrected chi connectivity index (χ1v) is 13.0. The van der Waals surface area contributed by atoms with E-state index in [-0.39, 0.29) is 11.1 Å². The molecule has 0 rings (SSSR count). The summed E-state index contributed by atoms with van der Waals surface area (Å²) >= 11 is 0. The van der Waals surface area contributed by atoms with E-state index in [2.05, 4.69) is 22.6 Å². The normalized spacial score (nSPS) is 14.5. The number of hydrogen-bond donors (Lipinski definition) is 0. The lowest BCUT2D eigenvalue weighted by atomic mass is 9.91. The van der Waals surface area contributed by atoms with Crippen LogP contribution in [0, 0.1) is 0 Å². The van der Waals surface area contributed by atoms with Gasteiger partial charge in [0.25, 0.3) is 17.8 Å². The van der Waals surface area contributed by atoms with Crippen molar-refractivity contribution >= 4 is 11.9 Å². The van der Waals surface area contributed by atoms with E-state index in [1.165, 1.54) is 20.8 Å². The Morgan fingerprint density at radius 2 is 0.980 bits per heavy atom. The summed E-state index contributed by atoms with van der Waals surface area (Å²) in [5, 5.41) is 0. The van der Waals surface area contributed by atoms with Crippen LogP contribution < -0.4 is 0 Å². The van der Waals surface area contributed by atoms with Crippen molar-refractivity contribution in [2.75, 3.05) is 13.2 Å². The van der Waals surface area contributed by atoms with Gasteiger partial charge in [0.05, 0.1) is 31.5 Å². The molecule has 0 fully saturated rings. The van der Waals surface area contributed by atoms with Gasteiger partial charge in [-0.05, 0) is 27.7 Å². The number of carbonyl (C=O) groups excluding carboxylic acids is 2. The highest BCUT2D eigenvalue weighted by atomic mass is 19.4. The first kappa shape index (κ1) is 48.2. The van der Waals surface area contributed by atoms with Crippen molar-refractivity contribution in [1.82, 2.24) is 0 Å². The van der Waals surface area contributed by atoms with E-state index in [1.807, 2.05) is 0 Å². The van der Waals surface area contributed by atoms with Crippen molar-refractivity contribution in [2.24, 2.45) is 0 Å². The predicted molar refractivity (Wildman–Crippen MR) is 132 cm³/mol. The third-order valence-corrected chi connectivity index (χ3v) is 5.32. The van der Waals surface area contributed by atoms with Gasteiger partial charge >= 0.3 is 42.1 Å². The molecule has 0 radical (unpaired) electrons. The number of carbonyl (C=O) groups is 2. The van der Waals surface area contributed by atoms with Crippen LogP contribution in [0.1, 0.15) is 53.4 Å². The second-order valence-electron chi connectivity index (χ2n) is 10.8. The van der Waals surface area contributed by atoms with Gasteiger partial charge in [-0.15, -0.1) is 0 Å². The van der Waals surface area contributed by atoms with Gasteiger partial charge in [-0.2, -0.15) is 48.3 Å². The van der Waals surface area contributed by atoms with Gasteiger partial charge in [-0.1, -0.05) is 13.2 Å². The Kier molecular flexibility index (Phi) is 16.6. The zero-order chi connectivity index (χ0) is 39.8. The van der Waals surface area contributed by atoms with Crippen LogP contribution in [0.15, 0.2) is 24.3 Å². The molecule has 49 heavy (non-hydrogen) atoms. The molecule has 0 saturated carbocycles. The summed E-state index contributed by atoms with van der Waals surface area (Å²) in [6, 6.07) is 0. The highest BCUT2D eigenvalue weighted by Crippen LogP contribution is 2.53. The molecule has 0 aromatic rings. The molecule has 0 aliphatic heterocycles. The van der Waals surface area contributed by atoms with E-state index in [4.69, 9.17) is 4.74 Å². The summed E-state index contributed by atoms with van der Waals surface area (Å²) in [6.45, 7) is 8.46. The first-order valence-electron chi connectivity index (χ1n) is 13.0. The van der Waals surface area contributed by atoms with Gasteiger partial charge in [0.2, 0.25) is 0 Å². The molecule has 0 bridgehead atoms. The Hall–Kier alpha value is -2.88. The van der Waals surface area contributed by atoms with Crippen LogP contribution in [-0.4, -0.2) is 85.2 Å². The maximum atomic E-state index is 14.1. The molecular formula is C26H30F18O5. The fourth-order valence-electron chi connectivity index (χ4n) is 3.16. The minimum absolute atomic E-state index is 0.139. The molecule has 0 aromatic heterocycles. The molecule has 0 heterocycles. The van der Waals surface area contributed by atoms with E-state index in [9.17, 15) is 88.6 Å². The van der Waals surface area contributed by atoms with Crippen LogP contribution in [-0.2, 0) is 23.8 Å². The van der Waals surface area contributed by atoms with E-state index in [1.54, 1.807) is 0 Å². The molecule has 5 nitrogen and oxygen atoms in total. The summed E-state index contributed by atoms with van der Waals surface area (Å²) in [5.41, 5.74) is -6.82. The molecule has 0 amide bonds. The molecule has 0 aromatic carbocycles. The van der Waals surface area contributed by atoms with Crippen molar-refractivity contribution in [2.45, 2.75) is 113 Å². The molecule has 0 aliphatic carbocycles. The maximum absolute atomic E-state index is 14.1. The minimum Gasteiger partial charge on any atom is -0.460 e. The van der Waals surface area contributed by atoms with Gasteiger partial charge in [0.1, 0.15) is 6.61 Å². The van der Waals surface area contributed by atoms with E-state index in [0.717, 1.165) is 6.92 Å². The third kappa shape index (κ3) is 17.1. The fraction of sp³-hybridized carbons (Fsp3) is 0.769. The molecule has 0 aliphatic rings. The smallest absolute Gasteiger partial charge is 0.453 e. The molecule has 23 heteroatoms. The monoisotopic (exact) mass is 764 g/mol. The molecule has 0 saturated heterocycles. The van der Waals surface area contributed by atoms with Crippen LogP contribution in [0.2, 0.25) is 0 Å². The number of rotatable bonds is 16. The fourth-order valence-corrected chi connectivity index (χ4v) is 3.16. The van der Waals surface area contributed by atoms with Gasteiger partial charge < -0.3 is 14.2 Å². The molecule has 1 unspecified atom stereocenters. The lowest BCUT2D eigenvalue weighted by molar-refractivity contribution is -0.356. The van der Waals surface area contributed by atoms with Crippen molar-refractivity contribution in [1.29, 1.82) is 0 Å². The van der Waals surface area contributed by atoms with Crippen LogP contribution in [0.3, 0.4) is 0 Å². The van der Waals surface area contributed by atoms with Crippen molar-refractivity contribution in [3.8, 4) is 0 Å². The molecular weight excluding hydrogens is 734 g/mol. The maximum Gasteiger partial charge on any atom is 0.453 e. The zero-order valence-electron chi connectivity index (χ0n) is 25.7. The summed E-state index contributed by atoms with van der Waals surface area (Å²) in [7, 11) is 0. The topological polar surface area (TPSA) is 61.8 Å². The summed E-state index contributed by atoms with van der Waals surface area (Å²) in [4.78, 5) is 22.0. The minimum atomic E-state index is -6.82. The highest BCUT2D eigenvalue weighted by molar-refractivity contribution is 5.87. The molecule has 1 atom stereocenters. The predicted octanol–water partition coefficient (Wildman–Crippen LogP) is 9.50. The average molecular weight is 764 g/mol. The van der Waals surface area contributed by atoms with Gasteiger partial charge in [-0.25, -0.2) is 40.3 Å². The number of alkyl halides is 18. The van der Waals surface area contributed by atoms with E-state index >= 15 is 0 Å². The number of ether oxygens (including phenoxy) is 3. The summed E-state index contributed by atoms with van der Waals surface area (Å²) in [6.07, 6.45) is -33.1. The highest BCUT2D eigenvalue weighted by Gasteiger charge is 2.75. The van der Waals surface area contributed by atoms with Crippen molar-refractivity contribution in [3.63, 3.8) is 0 Å². The Morgan fingerprint density at radius 1 is 0.571 bits per heavy atom. The molecule has 290 valence electrons. The zero-order valence-corrected chi connectivity index (χ0v) is 25.7. The largest absolute Gasteiger partial charge is 0.460 e. The summed E-state index contributed by atoms with van der Waals surface area (Å²) in [5.74, 6) is -22.4. The van der Waals surface area contributed by atoms with Gasteiger partial charge in [0.15, 0.2) is 6.61 Å². The Labute approximate surface area is 266 Å². The average Bonchev–Trinajstić information content (AvgIpc) is 2.81. The Bertz CT molecular complexity index is 1110. The Balaban J connectivity index is 0. The van der Waals surface area contributed by atoms with Crippen LogP contribution in [0.5, 0.6) is 0 Å². The molecule has 0 spiro atoms. The number of hydrogen-bond acceptors (Lipinski definition) is 5. The number of halogens is 18. The van der Waals surface area contributed by atoms with Gasteiger partial charge in [-0.3, -0.25) is 0 Å². The number of esters is 2. The summed E-state index contributed by atoms with van der Waals surface area (Å²) < 4.78 is 243. The van der Waals surface area contributed by atoms with Crippen molar-refractivity contribution < 1.29 is 103 Å². The quantitative estimate of drug-likeness (QED) is 0.0891.